The van der Waals surface area contributed by atoms with Gasteiger partial charge in [-0.3, -0.25) is 9.48 Å². The average molecular weight is 502 g/mol. The molecule has 0 unspecified atom stereocenters. The van der Waals surface area contributed by atoms with Crippen molar-refractivity contribution < 1.29 is 9.59 Å². The zero-order chi connectivity index (χ0) is 23.0. The summed E-state index contributed by atoms with van der Waals surface area (Å²) in [6.07, 6.45) is 2.83. The van der Waals surface area contributed by atoms with E-state index >= 15 is 0 Å². The van der Waals surface area contributed by atoms with Crippen molar-refractivity contribution in [2.75, 3.05) is 31.5 Å². The number of nitrogens with one attached hydrogen (secondary N) is 1. The maximum absolute atomic E-state index is 13.3. The number of carbonyl (C=O) groups excluding carboxylic acids is 2. The second kappa shape index (κ2) is 8.89. The van der Waals surface area contributed by atoms with Crippen molar-refractivity contribution >= 4 is 33.6 Å². The van der Waals surface area contributed by atoms with Crippen molar-refractivity contribution in [1.82, 2.24) is 19.6 Å². The highest BCUT2D eigenvalue weighted by Gasteiger charge is 2.43. The molecule has 4 rings (SSSR count). The van der Waals surface area contributed by atoms with Crippen molar-refractivity contribution in [3.63, 3.8) is 0 Å². The van der Waals surface area contributed by atoms with E-state index in [1.54, 1.807) is 4.68 Å². The third kappa shape index (κ3) is 4.29. The van der Waals surface area contributed by atoms with Gasteiger partial charge in [-0.1, -0.05) is 17.7 Å². The lowest BCUT2D eigenvalue weighted by Gasteiger charge is -2.39. The summed E-state index contributed by atoms with van der Waals surface area (Å²) < 4.78 is 2.58. The fourth-order valence-electron chi connectivity index (χ4n) is 4.99. The van der Waals surface area contributed by atoms with Crippen LogP contribution in [0.2, 0.25) is 0 Å². The Balaban J connectivity index is 1.37. The van der Waals surface area contributed by atoms with Crippen molar-refractivity contribution in [1.29, 1.82) is 0 Å². The Morgan fingerprint density at radius 3 is 2.38 bits per heavy atom. The number of hydrogen-bond donors (Lipinski definition) is 1. The number of anilines is 1. The lowest BCUT2D eigenvalue weighted by atomic mass is 9.78. The van der Waals surface area contributed by atoms with Crippen molar-refractivity contribution in [2.45, 2.75) is 53.5 Å². The predicted octanol–water partition coefficient (Wildman–Crippen LogP) is 4.75. The summed E-state index contributed by atoms with van der Waals surface area (Å²) in [6, 6.07) is 6.02. The number of likely N-dealkylation sites (tertiary alicyclic amines) is 2. The maximum atomic E-state index is 13.3. The highest BCUT2D eigenvalue weighted by Crippen LogP contribution is 2.41. The molecule has 0 bridgehead atoms. The number of rotatable bonds is 3. The van der Waals surface area contributed by atoms with Crippen LogP contribution < -0.4 is 5.32 Å². The van der Waals surface area contributed by atoms with E-state index in [1.165, 1.54) is 5.56 Å². The average Bonchev–Trinajstić information content (AvgIpc) is 3.31. The van der Waals surface area contributed by atoms with Gasteiger partial charge in [0.25, 0.3) is 5.91 Å². The molecule has 0 saturated carbocycles. The quantitative estimate of drug-likeness (QED) is 0.659. The Labute approximate surface area is 198 Å². The lowest BCUT2D eigenvalue weighted by molar-refractivity contribution is 0.0727. The van der Waals surface area contributed by atoms with E-state index in [9.17, 15) is 9.59 Å². The number of aromatic nitrogens is 2. The van der Waals surface area contributed by atoms with E-state index < -0.39 is 0 Å². The molecule has 2 aliphatic heterocycles. The summed E-state index contributed by atoms with van der Waals surface area (Å²) in [4.78, 5) is 30.0. The molecule has 32 heavy (non-hydrogen) atoms. The molecule has 1 aromatic heterocycles. The van der Waals surface area contributed by atoms with E-state index in [0.29, 0.717) is 25.3 Å². The van der Waals surface area contributed by atoms with E-state index in [4.69, 9.17) is 0 Å². The second-order valence-electron chi connectivity index (χ2n) is 9.28. The van der Waals surface area contributed by atoms with Crippen LogP contribution in [-0.4, -0.2) is 57.7 Å². The van der Waals surface area contributed by atoms with Gasteiger partial charge in [0.05, 0.1) is 10.2 Å². The highest BCUT2D eigenvalue weighted by molar-refractivity contribution is 9.10. The van der Waals surface area contributed by atoms with Gasteiger partial charge in [0.1, 0.15) is 5.69 Å². The smallest absolute Gasteiger partial charge is 0.321 e. The molecule has 7 nitrogen and oxygen atoms in total. The van der Waals surface area contributed by atoms with Gasteiger partial charge in [0.15, 0.2) is 0 Å². The monoisotopic (exact) mass is 501 g/mol. The number of aryl methyl sites for hydroxylation is 4. The Hall–Kier alpha value is -2.35. The molecule has 3 heterocycles. The number of amides is 3. The van der Waals surface area contributed by atoms with Crippen molar-refractivity contribution in [3.05, 3.63) is 45.2 Å². The van der Waals surface area contributed by atoms with Crippen LogP contribution in [0.4, 0.5) is 10.5 Å². The Kier molecular flexibility index (Phi) is 6.34. The predicted molar refractivity (Wildman–Crippen MR) is 129 cm³/mol. The van der Waals surface area contributed by atoms with Crippen molar-refractivity contribution in [3.8, 4) is 0 Å². The number of halogens is 1. The maximum Gasteiger partial charge on any atom is 0.321 e. The summed E-state index contributed by atoms with van der Waals surface area (Å²) in [7, 11) is 0. The molecule has 2 saturated heterocycles. The molecule has 2 aromatic rings. The first kappa shape index (κ1) is 22.8. The molecule has 8 heteroatoms. The van der Waals surface area contributed by atoms with Gasteiger partial charge in [0, 0.05) is 38.4 Å². The minimum atomic E-state index is -0.0380. The van der Waals surface area contributed by atoms with Crippen LogP contribution in [0.25, 0.3) is 0 Å². The van der Waals surface area contributed by atoms with Gasteiger partial charge >= 0.3 is 6.03 Å². The first-order chi connectivity index (χ1) is 15.2. The van der Waals surface area contributed by atoms with Gasteiger partial charge in [-0.15, -0.1) is 0 Å². The largest absolute Gasteiger partial charge is 0.337 e. The molecule has 2 aliphatic rings. The molecule has 2 fully saturated rings. The Bertz CT molecular complexity index is 1040. The molecular formula is C24H32BrN5O2. The van der Waals surface area contributed by atoms with Crippen LogP contribution in [0.5, 0.6) is 0 Å². The third-order valence-electron chi connectivity index (χ3n) is 7.02. The molecule has 172 valence electrons. The molecule has 0 radical (unpaired) electrons. The third-order valence-corrected chi connectivity index (χ3v) is 7.97. The molecule has 1 N–H and O–H groups in total. The fourth-order valence-corrected chi connectivity index (χ4v) is 5.44. The van der Waals surface area contributed by atoms with Gasteiger partial charge in [-0.25, -0.2) is 4.79 Å². The number of piperidine rings is 1. The van der Waals surface area contributed by atoms with E-state index in [0.717, 1.165) is 53.8 Å². The molecule has 0 atom stereocenters. The van der Waals surface area contributed by atoms with Gasteiger partial charge in [0.2, 0.25) is 0 Å². The summed E-state index contributed by atoms with van der Waals surface area (Å²) in [5.41, 5.74) is 4.71. The van der Waals surface area contributed by atoms with Crippen LogP contribution in [0.3, 0.4) is 0 Å². The molecule has 1 aromatic carbocycles. The lowest BCUT2D eigenvalue weighted by Crippen LogP contribution is -2.46. The number of nitrogens with zero attached hydrogens (tertiary/aromatic N) is 4. The number of urea groups is 1. The number of benzene rings is 1. The van der Waals surface area contributed by atoms with Crippen LogP contribution in [-0.2, 0) is 6.54 Å². The van der Waals surface area contributed by atoms with Gasteiger partial charge in [-0.2, -0.15) is 5.10 Å². The van der Waals surface area contributed by atoms with Crippen LogP contribution in [0.15, 0.2) is 22.7 Å². The summed E-state index contributed by atoms with van der Waals surface area (Å²) in [6.45, 7) is 11.6. The minimum absolute atomic E-state index is 0.0380. The van der Waals surface area contributed by atoms with Crippen LogP contribution in [0, 0.1) is 26.2 Å². The molecule has 3 amide bonds. The normalized spacial score (nSPS) is 17.8. The standard InChI is InChI=1S/C24H32BrN5O2/c1-5-30-21(20(25)18(4)27-30)22(31)29-13-10-24(15-29)8-11-28(12-9-24)23(32)26-19-7-6-16(2)14-17(19)3/h6-7,14H,5,8-13,15H2,1-4H3,(H,26,32). The zero-order valence-electron chi connectivity index (χ0n) is 19.4. The van der Waals surface area contributed by atoms with Crippen LogP contribution >= 0.6 is 15.9 Å². The summed E-state index contributed by atoms with van der Waals surface area (Å²) >= 11 is 3.56. The molecular weight excluding hydrogens is 470 g/mol. The Morgan fingerprint density at radius 1 is 1.09 bits per heavy atom. The SMILES string of the molecule is CCn1nc(C)c(Br)c1C(=O)N1CCC2(CCN(C(=O)Nc3ccc(C)cc3C)CC2)C1. The first-order valence-corrected chi connectivity index (χ1v) is 12.2. The molecule has 0 aliphatic carbocycles. The van der Waals surface area contributed by atoms with Gasteiger partial charge in [-0.05, 0) is 79.9 Å². The Morgan fingerprint density at radius 2 is 1.75 bits per heavy atom. The fraction of sp³-hybridized carbons (Fsp3) is 0.542. The second-order valence-corrected chi connectivity index (χ2v) is 10.1. The van der Waals surface area contributed by atoms with Gasteiger partial charge < -0.3 is 15.1 Å². The topological polar surface area (TPSA) is 70.5 Å². The minimum Gasteiger partial charge on any atom is -0.337 e. The number of carbonyl (C=O) groups is 2. The van der Waals surface area contributed by atoms with Crippen molar-refractivity contribution in [2.24, 2.45) is 5.41 Å². The van der Waals surface area contributed by atoms with E-state index in [2.05, 4.69) is 32.4 Å². The number of hydrogen-bond acceptors (Lipinski definition) is 3. The van der Waals surface area contributed by atoms with E-state index in [-0.39, 0.29) is 17.4 Å². The highest BCUT2D eigenvalue weighted by atomic mass is 79.9. The van der Waals surface area contributed by atoms with E-state index in [1.807, 2.05) is 49.6 Å². The first-order valence-electron chi connectivity index (χ1n) is 11.4. The summed E-state index contributed by atoms with van der Waals surface area (Å²) in [5, 5.41) is 7.53. The van der Waals surface area contributed by atoms with Crippen LogP contribution in [0.1, 0.15) is 53.5 Å². The zero-order valence-corrected chi connectivity index (χ0v) is 21.0. The summed E-state index contributed by atoms with van der Waals surface area (Å²) in [5.74, 6) is 0.0474. The molecule has 1 spiro atoms.